The Bertz CT molecular complexity index is 1390. The van der Waals surface area contributed by atoms with Gasteiger partial charge in [0.15, 0.2) is 0 Å². The normalized spacial score (nSPS) is 10.9. The molecule has 4 rings (SSSR count). The third kappa shape index (κ3) is 7.56. The minimum Gasteiger partial charge on any atom is -0.497 e. The van der Waals surface area contributed by atoms with Crippen molar-refractivity contribution in [2.75, 3.05) is 39.2 Å². The highest BCUT2D eigenvalue weighted by atomic mass is 16.5. The zero-order valence-electron chi connectivity index (χ0n) is 23.6. The van der Waals surface area contributed by atoms with Crippen molar-refractivity contribution in [2.24, 2.45) is 5.92 Å². The number of carbonyl (C=O) groups excluding carboxylic acids is 2. The Kier molecular flexibility index (Phi) is 9.67. The molecule has 1 heterocycles. The topological polar surface area (TPSA) is 86.9 Å². The lowest BCUT2D eigenvalue weighted by Crippen LogP contribution is -2.46. The number of anilines is 1. The van der Waals surface area contributed by atoms with Gasteiger partial charge in [-0.25, -0.2) is 4.79 Å². The van der Waals surface area contributed by atoms with Gasteiger partial charge in [-0.2, -0.15) is 0 Å². The van der Waals surface area contributed by atoms with Gasteiger partial charge in [-0.15, -0.1) is 0 Å². The highest BCUT2D eigenvalue weighted by Gasteiger charge is 2.23. The van der Waals surface area contributed by atoms with E-state index < -0.39 is 0 Å². The van der Waals surface area contributed by atoms with Crippen molar-refractivity contribution in [3.05, 3.63) is 90.1 Å². The summed E-state index contributed by atoms with van der Waals surface area (Å²) in [5, 5.41) is 4.07. The molecular formula is C32H38N4O4. The van der Waals surface area contributed by atoms with Crippen molar-refractivity contribution in [3.8, 4) is 11.5 Å². The van der Waals surface area contributed by atoms with Gasteiger partial charge in [0, 0.05) is 60.6 Å². The molecule has 8 nitrogen and oxygen atoms in total. The van der Waals surface area contributed by atoms with Gasteiger partial charge in [-0.1, -0.05) is 62.4 Å². The Morgan fingerprint density at radius 1 is 0.900 bits per heavy atom. The Morgan fingerprint density at radius 2 is 1.57 bits per heavy atom. The van der Waals surface area contributed by atoms with E-state index in [2.05, 4.69) is 16.4 Å². The highest BCUT2D eigenvalue weighted by Crippen LogP contribution is 2.26. The lowest BCUT2D eigenvalue weighted by atomic mass is 10.1. The molecule has 0 saturated carbocycles. The van der Waals surface area contributed by atoms with Gasteiger partial charge < -0.3 is 29.6 Å². The van der Waals surface area contributed by atoms with Crippen molar-refractivity contribution in [1.29, 1.82) is 0 Å². The number of urea groups is 1. The number of amides is 3. The van der Waals surface area contributed by atoms with E-state index in [1.54, 1.807) is 37.3 Å². The van der Waals surface area contributed by atoms with Crippen molar-refractivity contribution in [2.45, 2.75) is 26.8 Å². The fourth-order valence-corrected chi connectivity index (χ4v) is 4.70. The molecule has 40 heavy (non-hydrogen) atoms. The molecule has 1 aromatic heterocycles. The van der Waals surface area contributed by atoms with Crippen LogP contribution in [0.15, 0.2) is 79.0 Å². The fourth-order valence-electron chi connectivity index (χ4n) is 4.70. The van der Waals surface area contributed by atoms with Crippen LogP contribution in [0.5, 0.6) is 11.5 Å². The molecule has 0 spiro atoms. The van der Waals surface area contributed by atoms with Crippen LogP contribution in [0.2, 0.25) is 0 Å². The van der Waals surface area contributed by atoms with E-state index in [0.717, 1.165) is 22.0 Å². The number of para-hydroxylation sites is 1. The van der Waals surface area contributed by atoms with Crippen LogP contribution >= 0.6 is 0 Å². The summed E-state index contributed by atoms with van der Waals surface area (Å²) in [6, 6.07) is 22.9. The third-order valence-electron chi connectivity index (χ3n) is 6.70. The largest absolute Gasteiger partial charge is 0.497 e. The number of aromatic amines is 1. The zero-order chi connectivity index (χ0) is 28.5. The molecule has 0 fully saturated rings. The molecule has 0 aliphatic carbocycles. The average Bonchev–Trinajstić information content (AvgIpc) is 3.37. The van der Waals surface area contributed by atoms with Crippen LogP contribution in [0.3, 0.4) is 0 Å². The molecule has 0 atom stereocenters. The summed E-state index contributed by atoms with van der Waals surface area (Å²) in [6.07, 6.45) is 2.71. The number of carbonyl (C=O) groups is 2. The first-order chi connectivity index (χ1) is 19.4. The van der Waals surface area contributed by atoms with Gasteiger partial charge in [0.25, 0.3) is 0 Å². The van der Waals surface area contributed by atoms with Gasteiger partial charge >= 0.3 is 6.03 Å². The predicted molar refractivity (Wildman–Crippen MR) is 159 cm³/mol. The smallest absolute Gasteiger partial charge is 0.322 e. The van der Waals surface area contributed by atoms with Gasteiger partial charge in [0.05, 0.1) is 14.2 Å². The summed E-state index contributed by atoms with van der Waals surface area (Å²) >= 11 is 0. The Hall–Kier alpha value is -4.46. The van der Waals surface area contributed by atoms with Crippen LogP contribution in [0, 0.1) is 5.92 Å². The van der Waals surface area contributed by atoms with Gasteiger partial charge in [0.2, 0.25) is 5.91 Å². The summed E-state index contributed by atoms with van der Waals surface area (Å²) in [7, 11) is 3.11. The second-order valence-electron chi connectivity index (χ2n) is 10.2. The molecule has 3 amide bonds. The number of H-pyrrole nitrogens is 1. The molecule has 4 aromatic rings. The molecule has 210 valence electrons. The van der Waals surface area contributed by atoms with Crippen molar-refractivity contribution >= 4 is 28.5 Å². The van der Waals surface area contributed by atoms with E-state index >= 15 is 0 Å². The number of aromatic nitrogens is 1. The predicted octanol–water partition coefficient (Wildman–Crippen LogP) is 5.95. The first kappa shape index (κ1) is 28.5. The number of methoxy groups -OCH3 is 2. The van der Waals surface area contributed by atoms with Crippen molar-refractivity contribution in [3.63, 3.8) is 0 Å². The van der Waals surface area contributed by atoms with Gasteiger partial charge in [-0.3, -0.25) is 4.79 Å². The number of ether oxygens (including phenoxy) is 2. The van der Waals surface area contributed by atoms with Gasteiger partial charge in [-0.05, 0) is 29.5 Å². The van der Waals surface area contributed by atoms with E-state index in [-0.39, 0.29) is 24.4 Å². The standard InChI is InChI=1S/C32H38N4O4/c1-23(2)20-36(32(38)34-26-16-27(39-3)18-28(17-26)40-4)22-31(37)35(21-24-10-6-5-7-11-24)15-14-25-19-33-30-13-9-8-12-29(25)30/h5-13,16-19,23,33H,14-15,20-22H2,1-4H3,(H,34,38). The molecule has 8 heteroatoms. The van der Waals surface area contributed by atoms with Crippen LogP contribution in [0.25, 0.3) is 10.9 Å². The summed E-state index contributed by atoms with van der Waals surface area (Å²) in [5.74, 6) is 1.19. The average molecular weight is 543 g/mol. The minimum absolute atomic E-state index is 0.0359. The maximum atomic E-state index is 13.8. The summed E-state index contributed by atoms with van der Waals surface area (Å²) in [4.78, 5) is 33.9. The first-order valence-electron chi connectivity index (χ1n) is 13.5. The van der Waals surface area contributed by atoms with Crippen LogP contribution in [0.4, 0.5) is 10.5 Å². The fraction of sp³-hybridized carbons (Fsp3) is 0.312. The highest BCUT2D eigenvalue weighted by molar-refractivity contribution is 5.93. The van der Waals surface area contributed by atoms with Gasteiger partial charge in [0.1, 0.15) is 18.0 Å². The number of rotatable bonds is 12. The van der Waals surface area contributed by atoms with E-state index in [1.165, 1.54) is 0 Å². The number of benzene rings is 3. The molecule has 0 radical (unpaired) electrons. The van der Waals surface area contributed by atoms with E-state index in [1.807, 2.05) is 73.5 Å². The number of nitrogens with zero attached hydrogens (tertiary/aromatic N) is 2. The Morgan fingerprint density at radius 3 is 2.25 bits per heavy atom. The second-order valence-corrected chi connectivity index (χ2v) is 10.2. The van der Waals surface area contributed by atoms with E-state index in [9.17, 15) is 9.59 Å². The quantitative estimate of drug-likeness (QED) is 0.232. The lowest BCUT2D eigenvalue weighted by Gasteiger charge is -2.29. The van der Waals surface area contributed by atoms with Crippen LogP contribution in [-0.4, -0.2) is 60.6 Å². The molecule has 0 saturated heterocycles. The zero-order valence-corrected chi connectivity index (χ0v) is 23.6. The molecular weight excluding hydrogens is 504 g/mol. The van der Waals surface area contributed by atoms with E-state index in [4.69, 9.17) is 9.47 Å². The summed E-state index contributed by atoms with van der Waals surface area (Å²) in [5.41, 5.74) is 3.80. The lowest BCUT2D eigenvalue weighted by molar-refractivity contribution is -0.132. The SMILES string of the molecule is COc1cc(NC(=O)N(CC(=O)N(CCc2c[nH]c3ccccc23)Cc2ccccc2)CC(C)C)cc(OC)c1. The minimum atomic E-state index is -0.353. The van der Waals surface area contributed by atoms with Crippen molar-refractivity contribution in [1.82, 2.24) is 14.8 Å². The second kappa shape index (κ2) is 13.6. The van der Waals surface area contributed by atoms with Crippen LogP contribution < -0.4 is 14.8 Å². The third-order valence-corrected chi connectivity index (χ3v) is 6.70. The molecule has 0 unspecified atom stereocenters. The summed E-state index contributed by atoms with van der Waals surface area (Å²) < 4.78 is 10.7. The van der Waals surface area contributed by atoms with Crippen LogP contribution in [0.1, 0.15) is 25.0 Å². The molecule has 3 aromatic carbocycles. The maximum absolute atomic E-state index is 13.8. The Balaban J connectivity index is 1.52. The Labute approximate surface area is 235 Å². The van der Waals surface area contributed by atoms with Crippen LogP contribution in [-0.2, 0) is 17.8 Å². The molecule has 0 aliphatic heterocycles. The van der Waals surface area contributed by atoms with Crippen molar-refractivity contribution < 1.29 is 19.1 Å². The first-order valence-corrected chi connectivity index (χ1v) is 13.5. The molecule has 0 bridgehead atoms. The van der Waals surface area contributed by atoms with E-state index in [0.29, 0.717) is 43.2 Å². The maximum Gasteiger partial charge on any atom is 0.322 e. The molecule has 2 N–H and O–H groups in total. The number of hydrogen-bond acceptors (Lipinski definition) is 4. The number of hydrogen-bond donors (Lipinski definition) is 2. The molecule has 0 aliphatic rings. The summed E-state index contributed by atoms with van der Waals surface area (Å²) in [6.45, 7) is 5.44. The number of nitrogens with one attached hydrogen (secondary N) is 2. The number of fused-ring (bicyclic) bond motifs is 1. The monoisotopic (exact) mass is 542 g/mol.